The number of rotatable bonds is 9. The van der Waals surface area contributed by atoms with Crippen LogP contribution in [0.3, 0.4) is 0 Å². The van der Waals surface area contributed by atoms with Crippen LogP contribution in [0.15, 0.2) is 70.5 Å². The number of hydrogen-bond acceptors (Lipinski definition) is 10. The third-order valence-corrected chi connectivity index (χ3v) is 9.23. The number of nitrogens with zero attached hydrogens (tertiary/aromatic N) is 5. The Kier molecular flexibility index (Phi) is 8.71. The van der Waals surface area contributed by atoms with E-state index < -0.39 is 46.3 Å². The van der Waals surface area contributed by atoms with Gasteiger partial charge in [-0.1, -0.05) is 23.5 Å². The number of anilines is 1. The van der Waals surface area contributed by atoms with E-state index in [9.17, 15) is 40.0 Å². The number of halogens is 5. The molecule has 2 aromatic heterocycles. The summed E-state index contributed by atoms with van der Waals surface area (Å²) in [5.74, 6) is -1.43. The Balaban J connectivity index is 1.38. The van der Waals surface area contributed by atoms with Gasteiger partial charge in [-0.3, -0.25) is 9.59 Å². The molecule has 1 atom stereocenters. The summed E-state index contributed by atoms with van der Waals surface area (Å²) in [7, 11) is -4.34. The molecule has 0 unspecified atom stereocenters. The van der Waals surface area contributed by atoms with Gasteiger partial charge in [0.1, 0.15) is 17.5 Å². The van der Waals surface area contributed by atoms with E-state index in [4.69, 9.17) is 0 Å². The van der Waals surface area contributed by atoms with Gasteiger partial charge in [0.25, 0.3) is 5.56 Å². The van der Waals surface area contributed by atoms with Crippen LogP contribution in [0.25, 0.3) is 4.96 Å². The summed E-state index contributed by atoms with van der Waals surface area (Å²) in [5, 5.41) is 7.35. The number of hydrogen-bond donors (Lipinski definition) is 1. The second-order valence-electron chi connectivity index (χ2n) is 9.21. The van der Waals surface area contributed by atoms with Crippen LogP contribution in [-0.4, -0.2) is 71.9 Å². The van der Waals surface area contributed by atoms with Gasteiger partial charge in [-0.2, -0.15) is 18.1 Å². The van der Waals surface area contributed by atoms with Gasteiger partial charge in [-0.05, 0) is 42.0 Å². The van der Waals surface area contributed by atoms with Crippen LogP contribution in [0.4, 0.5) is 27.1 Å². The average Bonchev–Trinajstić information content (AvgIpc) is 3.39. The third-order valence-electron chi connectivity index (χ3n) is 6.32. The van der Waals surface area contributed by atoms with Gasteiger partial charge < -0.3 is 19.7 Å². The number of carbonyl (C=O) groups excluding carboxylic acids is 1. The number of fused-ring (bicyclic) bond motifs is 1. The first kappa shape index (κ1) is 31.1. The quantitative estimate of drug-likeness (QED) is 0.269. The lowest BCUT2D eigenvalue weighted by Gasteiger charge is -2.39. The highest BCUT2D eigenvalue weighted by Gasteiger charge is 2.41. The van der Waals surface area contributed by atoms with Gasteiger partial charge in [0.15, 0.2) is 0 Å². The summed E-state index contributed by atoms with van der Waals surface area (Å²) in [6.45, 7) is -3.51. The van der Waals surface area contributed by atoms with Gasteiger partial charge in [0, 0.05) is 38.4 Å². The molecule has 12 nitrogen and oxygen atoms in total. The summed E-state index contributed by atoms with van der Waals surface area (Å²) >= 11 is 1.06. The van der Waals surface area contributed by atoms with Crippen LogP contribution in [0.5, 0.6) is 11.5 Å². The average molecular weight is 661 g/mol. The van der Waals surface area contributed by atoms with Crippen LogP contribution in [0.2, 0.25) is 0 Å². The fraction of sp³-hybridized carbons (Fsp3) is 0.280. The first-order valence-electron chi connectivity index (χ1n) is 12.6. The number of sulfonamides is 1. The standard InChI is InChI=1S/C25H21F5N6O6S2/c26-22(27)41-16-5-7-18(8-6-16)44(39,40)36-12-11-34(24-33-35-10-9-20(37)32-23(35)43-24)14-19(36)21(38)31-13-15-1-3-17(4-2-15)42-25(28,29)30/h1-10,19,22H,11-14H2,(H,31,38)/t19-/m1/s1. The van der Waals surface area contributed by atoms with Crippen LogP contribution >= 0.6 is 11.3 Å². The number of carbonyl (C=O) groups is 1. The lowest BCUT2D eigenvalue weighted by molar-refractivity contribution is -0.274. The van der Waals surface area contributed by atoms with E-state index in [0.29, 0.717) is 10.7 Å². The first-order chi connectivity index (χ1) is 20.8. The second kappa shape index (κ2) is 12.3. The Morgan fingerprint density at radius 2 is 1.73 bits per heavy atom. The van der Waals surface area contributed by atoms with Gasteiger partial charge in [-0.25, -0.2) is 12.9 Å². The molecular formula is C25H21F5N6O6S2. The van der Waals surface area contributed by atoms with Crippen LogP contribution in [0, 0.1) is 0 Å². The molecule has 3 heterocycles. The van der Waals surface area contributed by atoms with E-state index in [2.05, 4.69) is 24.9 Å². The molecule has 1 aliphatic rings. The van der Waals surface area contributed by atoms with Crippen LogP contribution < -0.4 is 25.2 Å². The summed E-state index contributed by atoms with van der Waals surface area (Å²) in [4.78, 5) is 30.7. The third kappa shape index (κ3) is 7.22. The van der Waals surface area contributed by atoms with Crippen molar-refractivity contribution >= 4 is 37.4 Å². The van der Waals surface area contributed by atoms with Crippen molar-refractivity contribution in [3.05, 3.63) is 76.7 Å². The minimum absolute atomic E-state index is 0.0981. The maximum absolute atomic E-state index is 13.7. The Bertz CT molecular complexity index is 1800. The summed E-state index contributed by atoms with van der Waals surface area (Å²) in [5.41, 5.74) is -0.0667. The highest BCUT2D eigenvalue weighted by atomic mass is 32.2. The zero-order valence-corrected chi connectivity index (χ0v) is 23.8. The molecule has 1 N–H and O–H groups in total. The predicted octanol–water partition coefficient (Wildman–Crippen LogP) is 2.85. The predicted molar refractivity (Wildman–Crippen MR) is 145 cm³/mol. The molecule has 19 heteroatoms. The maximum atomic E-state index is 13.7. The highest BCUT2D eigenvalue weighted by molar-refractivity contribution is 7.89. The molecule has 44 heavy (non-hydrogen) atoms. The summed E-state index contributed by atoms with van der Waals surface area (Å²) < 4.78 is 100. The van der Waals surface area contributed by atoms with E-state index in [-0.39, 0.29) is 41.8 Å². The summed E-state index contributed by atoms with van der Waals surface area (Å²) in [6.07, 6.45) is -3.45. The lowest BCUT2D eigenvalue weighted by atomic mass is 10.2. The molecule has 1 aliphatic heterocycles. The van der Waals surface area contributed by atoms with Crippen molar-refractivity contribution < 1.29 is 44.6 Å². The van der Waals surface area contributed by atoms with Crippen molar-refractivity contribution in [3.63, 3.8) is 0 Å². The molecule has 0 bridgehead atoms. The van der Waals surface area contributed by atoms with Crippen molar-refractivity contribution in [2.75, 3.05) is 24.5 Å². The van der Waals surface area contributed by atoms with E-state index in [1.807, 2.05) is 0 Å². The van der Waals surface area contributed by atoms with Gasteiger partial charge in [-0.15, -0.1) is 18.3 Å². The molecule has 2 aromatic carbocycles. The van der Waals surface area contributed by atoms with Gasteiger partial charge in [0.05, 0.1) is 4.90 Å². The molecular weight excluding hydrogens is 639 g/mol. The van der Waals surface area contributed by atoms with Crippen molar-refractivity contribution in [3.8, 4) is 11.5 Å². The zero-order valence-electron chi connectivity index (χ0n) is 22.1. The highest BCUT2D eigenvalue weighted by Crippen LogP contribution is 2.29. The Labute approximate surface area is 249 Å². The second-order valence-corrected chi connectivity index (χ2v) is 12.0. The molecule has 1 amide bonds. The normalized spacial score (nSPS) is 16.3. The molecule has 1 fully saturated rings. The fourth-order valence-corrected chi connectivity index (χ4v) is 6.82. The molecule has 0 spiro atoms. The molecule has 5 rings (SSSR count). The van der Waals surface area contributed by atoms with Gasteiger partial charge in [0.2, 0.25) is 26.0 Å². The SMILES string of the molecule is O=C(NCc1ccc(OC(F)(F)F)cc1)[C@H]1CN(c2nn3ccc(=O)nc3s2)CCN1S(=O)(=O)c1ccc(OC(F)F)cc1. The molecule has 0 radical (unpaired) electrons. The van der Waals surface area contributed by atoms with E-state index in [0.717, 1.165) is 52.0 Å². The van der Waals surface area contributed by atoms with Crippen LogP contribution in [-0.2, 0) is 21.4 Å². The van der Waals surface area contributed by atoms with Crippen molar-refractivity contribution in [2.45, 2.75) is 30.5 Å². The van der Waals surface area contributed by atoms with Crippen molar-refractivity contribution in [1.82, 2.24) is 24.2 Å². The largest absolute Gasteiger partial charge is 0.573 e. The van der Waals surface area contributed by atoms with E-state index in [1.165, 1.54) is 28.9 Å². The number of benzene rings is 2. The number of amides is 1. The monoisotopic (exact) mass is 660 g/mol. The molecule has 234 valence electrons. The van der Waals surface area contributed by atoms with Crippen LogP contribution in [0.1, 0.15) is 5.56 Å². The first-order valence-corrected chi connectivity index (χ1v) is 14.8. The van der Waals surface area contributed by atoms with E-state index in [1.54, 1.807) is 4.90 Å². The molecule has 4 aromatic rings. The van der Waals surface area contributed by atoms with Crippen molar-refractivity contribution in [2.24, 2.45) is 0 Å². The molecule has 1 saturated heterocycles. The smallest absolute Gasteiger partial charge is 0.435 e. The maximum Gasteiger partial charge on any atom is 0.573 e. The molecule has 0 aliphatic carbocycles. The topological polar surface area (TPSA) is 135 Å². The fourth-order valence-electron chi connectivity index (χ4n) is 4.33. The Hall–Kier alpha value is -4.36. The zero-order chi connectivity index (χ0) is 31.6. The van der Waals surface area contributed by atoms with E-state index >= 15 is 0 Å². The number of alkyl halides is 5. The van der Waals surface area contributed by atoms with Gasteiger partial charge >= 0.3 is 13.0 Å². The Morgan fingerprint density at radius 1 is 1.05 bits per heavy atom. The number of ether oxygens (including phenoxy) is 2. The number of nitrogens with one attached hydrogen (secondary N) is 1. The summed E-state index contributed by atoms with van der Waals surface area (Å²) in [6, 6.07) is 8.94. The number of aromatic nitrogens is 3. The molecule has 0 saturated carbocycles. The number of piperazine rings is 1. The van der Waals surface area contributed by atoms with Crippen molar-refractivity contribution in [1.29, 1.82) is 0 Å². The lowest BCUT2D eigenvalue weighted by Crippen LogP contribution is -2.60. The Morgan fingerprint density at radius 3 is 2.39 bits per heavy atom. The minimum Gasteiger partial charge on any atom is -0.435 e. The minimum atomic E-state index is -4.87.